The predicted molar refractivity (Wildman–Crippen MR) is 439 cm³/mol. The molecule has 0 saturated carbocycles. The third-order valence-electron chi connectivity index (χ3n) is 20.3. The fourth-order valence-electron chi connectivity index (χ4n) is 15.3. The summed E-state index contributed by atoms with van der Waals surface area (Å²) in [5.74, 6) is -0.760. The van der Waals surface area contributed by atoms with Crippen LogP contribution in [0, 0.1) is 25.5 Å². The first-order valence-electron chi connectivity index (χ1n) is 37.7. The summed E-state index contributed by atoms with van der Waals surface area (Å²) in [5.41, 5.74) is 12.8. The Labute approximate surface area is 652 Å². The van der Waals surface area contributed by atoms with Gasteiger partial charge in [-0.05, 0) is 140 Å². The molecule has 30 heteroatoms. The van der Waals surface area contributed by atoms with Crippen LogP contribution in [0.2, 0.25) is 0 Å². The van der Waals surface area contributed by atoms with Crippen molar-refractivity contribution in [2.24, 2.45) is 0 Å². The minimum Gasteiger partial charge on any atom is -0.479 e. The highest BCUT2D eigenvalue weighted by molar-refractivity contribution is 7.18. The van der Waals surface area contributed by atoms with E-state index in [1.807, 2.05) is 99.2 Å². The lowest BCUT2D eigenvalue weighted by Crippen LogP contribution is -2.54. The first-order valence-corrected chi connectivity index (χ1v) is 38.5. The first kappa shape index (κ1) is 76.4. The molecule has 14 aromatic rings. The molecular weight excluding hydrogens is 1460 g/mol. The van der Waals surface area contributed by atoms with Gasteiger partial charge in [-0.3, -0.25) is 36.8 Å². The van der Waals surface area contributed by atoms with Crippen molar-refractivity contribution < 1.29 is 22.7 Å². The van der Waals surface area contributed by atoms with E-state index in [4.69, 9.17) is 23.9 Å². The smallest absolute Gasteiger partial charge is 0.258 e. The molecule has 0 aliphatic carbocycles. The number of pyridine rings is 6. The number of aromatic nitrogens is 12. The quantitative estimate of drug-likeness (QED) is 0.0990. The number of rotatable bonds is 10. The number of anilines is 4. The zero-order valence-corrected chi connectivity index (χ0v) is 65.4. The summed E-state index contributed by atoms with van der Waals surface area (Å²) in [6.45, 7) is 27.0. The predicted octanol–water partition coefficient (Wildman–Crippen LogP) is 10.3. The van der Waals surface area contributed by atoms with Gasteiger partial charge in [-0.2, -0.15) is 0 Å². The van der Waals surface area contributed by atoms with Crippen LogP contribution < -0.4 is 72.6 Å². The van der Waals surface area contributed by atoms with E-state index in [1.54, 1.807) is 44.5 Å². The molecule has 0 amide bonds. The number of aryl methyl sites for hydroxylation is 2. The standard InChI is InChI=1S/C22H23N5O2.C22H23N5OS.C20H22FN5O2.C19H20FN5O2/c1-13-10-26(11-14(2)23-13)17-5-7-21-25-19(9-22(28)27(21)12-17)16-4-6-18-20(8-16)29-15(3)24-18;1-13-10-26(11-14(2)23-13)17-5-7-21-25-18(9-22(28)27(21)12-17)16-4-6-20-19(8-16)24-15(3)29-20;1-12-9-25(10-13(2)23-12)15-4-5-18-24-17(7-19(27)26(18)11-15)14-6-16(21)20(28-3)22-8-14;1-12-10-24(6-5-21-12)14-3-4-17-23-16(8-18(26)25(17)11-14)13-7-15(20)19(27-2)22-9-13/h2*4-9,12-14,23H,10-11H2,1-3H3;4-8,11-13,23H,9-10H2,1-3H3;3-4,7-9,11-12,21H,5-6,10H2,1-2H3/t2*13-,14+;12-,13+;12-/m...0/s1. The number of thiazole rings is 1. The highest BCUT2D eigenvalue weighted by atomic mass is 32.1. The van der Waals surface area contributed by atoms with Gasteiger partial charge < -0.3 is 54.8 Å². The van der Waals surface area contributed by atoms with E-state index in [0.717, 1.165) is 114 Å². The van der Waals surface area contributed by atoms with Crippen molar-refractivity contribution in [2.45, 2.75) is 105 Å². The van der Waals surface area contributed by atoms with Crippen molar-refractivity contribution in [3.63, 3.8) is 0 Å². The second kappa shape index (κ2) is 32.4. The molecule has 0 radical (unpaired) electrons. The Balaban J connectivity index is 0.000000119. The third kappa shape index (κ3) is 17.0. The number of nitrogens with one attached hydrogen (secondary N) is 4. The molecule has 7 atom stereocenters. The lowest BCUT2D eigenvalue weighted by molar-refractivity contribution is 0.369. The van der Waals surface area contributed by atoms with E-state index in [9.17, 15) is 28.0 Å². The highest BCUT2D eigenvalue weighted by Crippen LogP contribution is 2.31. The normalized spacial score (nSPS) is 19.2. The largest absolute Gasteiger partial charge is 0.479 e. The summed E-state index contributed by atoms with van der Waals surface area (Å²) in [6.07, 6.45) is 10.3. The molecule has 4 fully saturated rings. The molecule has 2 aromatic carbocycles. The maximum absolute atomic E-state index is 14.0. The lowest BCUT2D eigenvalue weighted by Gasteiger charge is -2.37. The molecule has 4 aliphatic heterocycles. The van der Waals surface area contributed by atoms with Crippen molar-refractivity contribution >= 4 is 78.0 Å². The second-order valence-electron chi connectivity index (χ2n) is 29.6. The van der Waals surface area contributed by atoms with Crippen LogP contribution in [0.15, 0.2) is 182 Å². The molecule has 0 unspecified atom stereocenters. The van der Waals surface area contributed by atoms with E-state index in [0.29, 0.717) is 110 Å². The van der Waals surface area contributed by atoms with E-state index in [2.05, 4.69) is 131 Å². The van der Waals surface area contributed by atoms with Gasteiger partial charge in [-0.25, -0.2) is 48.7 Å². The van der Waals surface area contributed by atoms with Gasteiger partial charge in [0.2, 0.25) is 11.8 Å². The molecule has 16 heterocycles. The number of ether oxygens (including phenoxy) is 2. The molecule has 4 saturated heterocycles. The van der Waals surface area contributed by atoms with Crippen molar-refractivity contribution in [3.8, 4) is 56.8 Å². The number of halogens is 2. The monoisotopic (exact) mass is 1550 g/mol. The van der Waals surface area contributed by atoms with Crippen LogP contribution in [0.5, 0.6) is 11.8 Å². The van der Waals surface area contributed by atoms with Gasteiger partial charge in [0, 0.05) is 192 Å². The molecule has 0 spiro atoms. The molecule has 18 rings (SSSR count). The second-order valence-corrected chi connectivity index (χ2v) is 30.8. The van der Waals surface area contributed by atoms with Gasteiger partial charge in [0.25, 0.3) is 22.2 Å². The van der Waals surface area contributed by atoms with Crippen LogP contribution in [0.4, 0.5) is 31.5 Å². The minimum atomic E-state index is -0.598. The molecule has 113 heavy (non-hydrogen) atoms. The van der Waals surface area contributed by atoms with Gasteiger partial charge in [-0.1, -0.05) is 12.1 Å². The fourth-order valence-corrected chi connectivity index (χ4v) is 16.1. The number of oxazole rings is 1. The molecular formula is C83H88F2N20O7S. The Morgan fingerprint density at radius 3 is 1.18 bits per heavy atom. The summed E-state index contributed by atoms with van der Waals surface area (Å²) in [4.78, 5) is 95.3. The number of piperazine rings is 4. The number of nitrogens with zero attached hydrogens (tertiary/aromatic N) is 16. The van der Waals surface area contributed by atoms with Gasteiger partial charge in [0.05, 0.1) is 75.0 Å². The summed E-state index contributed by atoms with van der Waals surface area (Å²) >= 11 is 1.67. The van der Waals surface area contributed by atoms with Gasteiger partial charge in [-0.15, -0.1) is 11.3 Å². The van der Waals surface area contributed by atoms with E-state index in [1.165, 1.54) is 59.7 Å². The summed E-state index contributed by atoms with van der Waals surface area (Å²) in [5, 5.41) is 15.0. The van der Waals surface area contributed by atoms with Crippen LogP contribution in [0.25, 0.3) is 88.9 Å². The van der Waals surface area contributed by atoms with E-state index >= 15 is 0 Å². The Bertz CT molecular complexity index is 5940. The Morgan fingerprint density at radius 2 is 0.788 bits per heavy atom. The summed E-state index contributed by atoms with van der Waals surface area (Å²) in [7, 11) is 2.70. The number of benzene rings is 2. The average Bonchev–Trinajstić information content (AvgIpc) is 1.58. The molecule has 4 aliphatic rings. The van der Waals surface area contributed by atoms with Crippen LogP contribution in [-0.4, -0.2) is 173 Å². The maximum atomic E-state index is 14.0. The topological polar surface area (TPSA) is 282 Å². The van der Waals surface area contributed by atoms with Gasteiger partial charge in [0.1, 0.15) is 28.1 Å². The van der Waals surface area contributed by atoms with Gasteiger partial charge >= 0.3 is 0 Å². The number of hydrogen-bond acceptors (Lipinski definition) is 24. The highest BCUT2D eigenvalue weighted by Gasteiger charge is 2.26. The summed E-state index contributed by atoms with van der Waals surface area (Å²) in [6, 6.07) is 38.5. The maximum Gasteiger partial charge on any atom is 0.258 e. The number of fused-ring (bicyclic) bond motifs is 6. The van der Waals surface area contributed by atoms with Crippen molar-refractivity contribution in [2.75, 3.05) is 92.7 Å². The summed E-state index contributed by atoms with van der Waals surface area (Å²) < 4.78 is 50.6. The molecule has 4 N–H and O–H groups in total. The molecule has 27 nitrogen and oxygen atoms in total. The molecule has 0 bridgehead atoms. The fraction of sp³-hybridized carbons (Fsp3) is 0.325. The lowest BCUT2D eigenvalue weighted by atomic mass is 10.1. The minimum absolute atomic E-state index is 0.0716. The number of hydrogen-bond donors (Lipinski definition) is 4. The van der Waals surface area contributed by atoms with Crippen LogP contribution >= 0.6 is 11.3 Å². The zero-order valence-electron chi connectivity index (χ0n) is 64.6. The average molecular weight is 1550 g/mol. The number of methoxy groups -OCH3 is 2. The Hall–Kier alpha value is -12.0. The van der Waals surface area contributed by atoms with Crippen molar-refractivity contribution in [1.82, 2.24) is 78.7 Å². The Morgan fingerprint density at radius 1 is 0.416 bits per heavy atom. The molecule has 12 aromatic heterocycles. The van der Waals surface area contributed by atoms with Gasteiger partial charge in [0.15, 0.2) is 23.1 Å². The Kier molecular flexibility index (Phi) is 21.9. The van der Waals surface area contributed by atoms with E-state index < -0.39 is 11.6 Å². The molecule has 582 valence electrons. The van der Waals surface area contributed by atoms with Crippen molar-refractivity contribution in [3.05, 3.63) is 222 Å². The van der Waals surface area contributed by atoms with Crippen LogP contribution in [0.3, 0.4) is 0 Å². The SMILES string of the molecule is COc1ncc(-c2cc(=O)n3cc(N4CCN[C@@H](C)C4)ccc3n2)cc1F.COc1ncc(-c2cc(=O)n3cc(N4C[C@@H](C)N[C@@H](C)C4)ccc3n2)cc1F.Cc1nc2cc(-c3cc(=O)n4cc(N5C[C@@H](C)N[C@@H](C)C5)ccc4n3)ccc2s1.Cc1nc2ccc(-c3cc(=O)n4cc(N5C[C@@H](C)N[C@@H](C)C5)ccc4n3)cc2o1. The van der Waals surface area contributed by atoms with Crippen LogP contribution in [-0.2, 0) is 0 Å². The zero-order chi connectivity index (χ0) is 79.0. The van der Waals surface area contributed by atoms with Crippen LogP contribution in [0.1, 0.15) is 59.4 Å². The van der Waals surface area contributed by atoms with Crippen molar-refractivity contribution in [1.29, 1.82) is 0 Å². The van der Waals surface area contributed by atoms with E-state index in [-0.39, 0.29) is 34.0 Å². The first-order chi connectivity index (χ1) is 54.4. The third-order valence-corrected chi connectivity index (χ3v) is 21.2.